The van der Waals surface area contributed by atoms with Gasteiger partial charge in [0.1, 0.15) is 4.60 Å². The van der Waals surface area contributed by atoms with Crippen molar-refractivity contribution in [3.63, 3.8) is 0 Å². The molecule has 0 amide bonds. The molecule has 2 aromatic rings. The molecule has 0 fully saturated rings. The Kier molecular flexibility index (Phi) is 3.62. The van der Waals surface area contributed by atoms with Crippen molar-refractivity contribution in [1.82, 2.24) is 9.97 Å². The Balaban J connectivity index is 2.52. The maximum atomic E-state index is 5.90. The van der Waals surface area contributed by atoms with Gasteiger partial charge in [-0.2, -0.15) is 0 Å². The van der Waals surface area contributed by atoms with Crippen LogP contribution in [0.4, 0.5) is 0 Å². The van der Waals surface area contributed by atoms with Crippen LogP contribution < -0.4 is 0 Å². The summed E-state index contributed by atoms with van der Waals surface area (Å²) in [5, 5.41) is 0. The van der Waals surface area contributed by atoms with Crippen molar-refractivity contribution < 1.29 is 0 Å². The van der Waals surface area contributed by atoms with Crippen LogP contribution >= 0.6 is 38.9 Å². The number of aryl methyl sites for hydroxylation is 1. The average molecular weight is 318 g/mol. The topological polar surface area (TPSA) is 25.8 Å². The quantitative estimate of drug-likeness (QED) is 0.763. The van der Waals surface area contributed by atoms with Gasteiger partial charge in [0.05, 0.1) is 9.21 Å². The van der Waals surface area contributed by atoms with Gasteiger partial charge in [0.2, 0.25) is 0 Å². The number of nitrogens with zero attached hydrogens (tertiary/aromatic N) is 2. The first kappa shape index (κ1) is 12.0. The first-order valence-corrected chi connectivity index (χ1v) is 6.89. The van der Waals surface area contributed by atoms with E-state index in [9.17, 15) is 0 Å². The summed E-state index contributed by atoms with van der Waals surface area (Å²) in [7, 11) is 0. The lowest BCUT2D eigenvalue weighted by Crippen LogP contribution is -1.98. The molecule has 0 aliphatic carbocycles. The molecular formula is C11H10BrClN2S. The van der Waals surface area contributed by atoms with E-state index in [-0.39, 0.29) is 0 Å². The zero-order valence-electron chi connectivity index (χ0n) is 8.92. The van der Waals surface area contributed by atoms with Gasteiger partial charge in [0.15, 0.2) is 5.82 Å². The second-order valence-electron chi connectivity index (χ2n) is 3.36. The largest absolute Gasteiger partial charge is 0.232 e. The lowest BCUT2D eigenvalue weighted by atomic mass is 10.2. The second-order valence-corrected chi connectivity index (χ2v) is 5.83. The van der Waals surface area contributed by atoms with Crippen LogP contribution in [0.15, 0.2) is 16.7 Å². The Morgan fingerprint density at radius 1 is 1.38 bits per heavy atom. The smallest absolute Gasteiger partial charge is 0.170 e. The van der Waals surface area contributed by atoms with Crippen molar-refractivity contribution in [2.24, 2.45) is 0 Å². The van der Waals surface area contributed by atoms with Gasteiger partial charge in [-0.3, -0.25) is 0 Å². The van der Waals surface area contributed by atoms with E-state index in [1.54, 1.807) is 0 Å². The Morgan fingerprint density at radius 3 is 2.62 bits per heavy atom. The summed E-state index contributed by atoms with van der Waals surface area (Å²) in [6, 6.07) is 3.81. The predicted octanol–water partition coefficient (Wildman–Crippen LogP) is 4.49. The van der Waals surface area contributed by atoms with Crippen LogP contribution in [0.5, 0.6) is 0 Å². The first-order valence-electron chi connectivity index (χ1n) is 4.90. The molecule has 0 radical (unpaired) electrons. The fraction of sp³-hybridized carbons (Fsp3) is 0.273. The highest BCUT2D eigenvalue weighted by molar-refractivity contribution is 9.10. The number of hydrogen-bond donors (Lipinski definition) is 0. The standard InChI is InChI=1S/C11H10BrClN2S/c1-3-7-6(2)14-11(15-10(7)12)8-4-5-9(13)16-8/h4-5H,3H2,1-2H3. The molecule has 0 unspecified atom stereocenters. The van der Waals surface area contributed by atoms with Crippen LogP contribution in [0.3, 0.4) is 0 Å². The van der Waals surface area contributed by atoms with Crippen LogP contribution in [0.1, 0.15) is 18.2 Å². The molecule has 0 bridgehead atoms. The van der Waals surface area contributed by atoms with E-state index in [1.807, 2.05) is 19.1 Å². The number of hydrogen-bond acceptors (Lipinski definition) is 3. The van der Waals surface area contributed by atoms with Gasteiger partial charge in [-0.15, -0.1) is 11.3 Å². The molecule has 0 aliphatic heterocycles. The van der Waals surface area contributed by atoms with Crippen molar-refractivity contribution in [3.8, 4) is 10.7 Å². The molecule has 0 aliphatic rings. The van der Waals surface area contributed by atoms with Crippen molar-refractivity contribution in [3.05, 3.63) is 32.3 Å². The molecular weight excluding hydrogens is 308 g/mol. The van der Waals surface area contributed by atoms with Crippen LogP contribution in [-0.2, 0) is 6.42 Å². The monoisotopic (exact) mass is 316 g/mol. The summed E-state index contributed by atoms with van der Waals surface area (Å²) in [4.78, 5) is 9.94. The summed E-state index contributed by atoms with van der Waals surface area (Å²) >= 11 is 10.9. The molecule has 16 heavy (non-hydrogen) atoms. The normalized spacial score (nSPS) is 10.8. The van der Waals surface area contributed by atoms with E-state index in [4.69, 9.17) is 11.6 Å². The fourth-order valence-electron chi connectivity index (χ4n) is 1.51. The van der Waals surface area contributed by atoms with Gasteiger partial charge in [0, 0.05) is 11.3 Å². The zero-order valence-corrected chi connectivity index (χ0v) is 12.1. The van der Waals surface area contributed by atoms with Gasteiger partial charge in [0.25, 0.3) is 0 Å². The lowest BCUT2D eigenvalue weighted by molar-refractivity contribution is 0.983. The molecule has 0 saturated heterocycles. The maximum absolute atomic E-state index is 5.90. The van der Waals surface area contributed by atoms with E-state index in [0.717, 1.165) is 37.3 Å². The minimum atomic E-state index is 0.735. The first-order chi connectivity index (χ1) is 7.61. The highest BCUT2D eigenvalue weighted by Crippen LogP contribution is 2.30. The van der Waals surface area contributed by atoms with Crippen LogP contribution in [0.2, 0.25) is 4.34 Å². The Hall–Kier alpha value is -0.450. The Bertz CT molecular complexity index is 501. The fourth-order valence-corrected chi connectivity index (χ4v) is 3.22. The zero-order chi connectivity index (χ0) is 11.7. The van der Waals surface area contributed by atoms with Gasteiger partial charge < -0.3 is 0 Å². The molecule has 2 aromatic heterocycles. The Labute approximate surface area is 112 Å². The summed E-state index contributed by atoms with van der Waals surface area (Å²) < 4.78 is 1.63. The highest BCUT2D eigenvalue weighted by atomic mass is 79.9. The van der Waals surface area contributed by atoms with Gasteiger partial charge >= 0.3 is 0 Å². The molecule has 0 aromatic carbocycles. The van der Waals surface area contributed by atoms with Crippen LogP contribution in [-0.4, -0.2) is 9.97 Å². The molecule has 0 spiro atoms. The van der Waals surface area contributed by atoms with E-state index in [2.05, 4.69) is 32.8 Å². The molecule has 2 heterocycles. The maximum Gasteiger partial charge on any atom is 0.170 e. The van der Waals surface area contributed by atoms with E-state index in [1.165, 1.54) is 11.3 Å². The molecule has 0 atom stereocenters. The minimum Gasteiger partial charge on any atom is -0.232 e. The van der Waals surface area contributed by atoms with Crippen molar-refractivity contribution in [1.29, 1.82) is 0 Å². The van der Waals surface area contributed by atoms with E-state index < -0.39 is 0 Å². The van der Waals surface area contributed by atoms with Gasteiger partial charge in [-0.05, 0) is 41.4 Å². The molecule has 2 rings (SSSR count). The van der Waals surface area contributed by atoms with Gasteiger partial charge in [-0.1, -0.05) is 18.5 Å². The summed E-state index contributed by atoms with van der Waals surface area (Å²) in [5.41, 5.74) is 2.18. The van der Waals surface area contributed by atoms with E-state index in [0.29, 0.717) is 0 Å². The van der Waals surface area contributed by atoms with Crippen LogP contribution in [0.25, 0.3) is 10.7 Å². The highest BCUT2D eigenvalue weighted by Gasteiger charge is 2.10. The number of halogens is 2. The molecule has 84 valence electrons. The summed E-state index contributed by atoms with van der Waals surface area (Å²) in [5.74, 6) is 0.735. The van der Waals surface area contributed by atoms with Crippen molar-refractivity contribution in [2.75, 3.05) is 0 Å². The molecule has 0 N–H and O–H groups in total. The Morgan fingerprint density at radius 2 is 2.12 bits per heavy atom. The summed E-state index contributed by atoms with van der Waals surface area (Å²) in [6.45, 7) is 4.10. The number of aromatic nitrogens is 2. The SMILES string of the molecule is CCc1c(C)nc(-c2ccc(Cl)s2)nc1Br. The number of thiophene rings is 1. The summed E-state index contributed by atoms with van der Waals surface area (Å²) in [6.07, 6.45) is 0.928. The minimum absolute atomic E-state index is 0.735. The molecule has 2 nitrogen and oxygen atoms in total. The van der Waals surface area contributed by atoms with Gasteiger partial charge in [-0.25, -0.2) is 9.97 Å². The average Bonchev–Trinajstić information content (AvgIpc) is 2.64. The third kappa shape index (κ3) is 2.29. The molecule has 0 saturated carbocycles. The van der Waals surface area contributed by atoms with Crippen molar-refractivity contribution >= 4 is 38.9 Å². The molecule has 5 heteroatoms. The third-order valence-corrected chi connectivity index (χ3v) is 4.19. The third-order valence-electron chi connectivity index (χ3n) is 2.31. The lowest BCUT2D eigenvalue weighted by Gasteiger charge is -2.06. The number of rotatable bonds is 2. The van der Waals surface area contributed by atoms with E-state index >= 15 is 0 Å². The van der Waals surface area contributed by atoms with Crippen molar-refractivity contribution in [2.45, 2.75) is 20.3 Å². The second kappa shape index (κ2) is 4.82. The van der Waals surface area contributed by atoms with Crippen LogP contribution in [0, 0.1) is 6.92 Å². The predicted molar refractivity (Wildman–Crippen MR) is 72.2 cm³/mol.